The summed E-state index contributed by atoms with van der Waals surface area (Å²) in [5.41, 5.74) is 0.690. The van der Waals surface area contributed by atoms with E-state index >= 15 is 0 Å². The number of nitrogens with zero attached hydrogens (tertiary/aromatic N) is 1. The molecule has 1 aromatic rings. The molecule has 0 aromatic carbocycles. The first kappa shape index (κ1) is 15.6. The molecule has 4 aliphatic carbocycles. The lowest BCUT2D eigenvalue weighted by molar-refractivity contribution is -0.0167. The molecule has 0 spiro atoms. The average molecular weight is 342 g/mol. The maximum absolute atomic E-state index is 12.9. The Bertz CT molecular complexity index is 633. The highest BCUT2D eigenvalue weighted by atomic mass is 16.5. The molecule has 5 fully saturated rings. The standard InChI is InChI=1S/C20H26N2O3/c23-19(16-1-3-21-18(8-16)25-17-2-4-24-12-17)22-20-9-13-5-14(10-20)7-15(6-13)11-20/h1,3,8,13-15,17H,2,4-7,9-12H2,(H,22,23). The number of carbonyl (C=O) groups excluding carboxylic acids is 1. The average Bonchev–Trinajstić information content (AvgIpc) is 3.06. The van der Waals surface area contributed by atoms with Crippen molar-refractivity contribution in [3.8, 4) is 5.88 Å². The lowest BCUT2D eigenvalue weighted by Crippen LogP contribution is -2.59. The SMILES string of the molecule is O=C(NC12CC3CC(CC(C3)C1)C2)c1ccnc(OC2CCOC2)c1. The molecule has 0 radical (unpaired) electrons. The third-order valence-electron chi connectivity index (χ3n) is 6.59. The van der Waals surface area contributed by atoms with Crippen LogP contribution in [-0.2, 0) is 4.74 Å². The van der Waals surface area contributed by atoms with Gasteiger partial charge in [0.2, 0.25) is 5.88 Å². The van der Waals surface area contributed by atoms with Gasteiger partial charge in [-0.2, -0.15) is 0 Å². The van der Waals surface area contributed by atoms with Crippen LogP contribution in [0.1, 0.15) is 55.3 Å². The van der Waals surface area contributed by atoms with Crippen molar-refractivity contribution in [2.24, 2.45) is 17.8 Å². The Hall–Kier alpha value is -1.62. The van der Waals surface area contributed by atoms with Crippen LogP contribution in [0.25, 0.3) is 0 Å². The van der Waals surface area contributed by atoms with Crippen molar-refractivity contribution in [2.45, 2.75) is 56.6 Å². The predicted octanol–water partition coefficient (Wildman–Crippen LogP) is 2.95. The lowest BCUT2D eigenvalue weighted by Gasteiger charge is -2.56. The second-order valence-electron chi connectivity index (χ2n) is 8.64. The Morgan fingerprint density at radius 3 is 2.56 bits per heavy atom. The number of pyridine rings is 1. The van der Waals surface area contributed by atoms with Crippen LogP contribution in [0.15, 0.2) is 18.3 Å². The molecule has 134 valence electrons. The molecule has 4 saturated carbocycles. The fraction of sp³-hybridized carbons (Fsp3) is 0.700. The number of carbonyl (C=O) groups is 1. The van der Waals surface area contributed by atoms with Crippen LogP contribution in [0.4, 0.5) is 0 Å². The minimum Gasteiger partial charge on any atom is -0.472 e. The Kier molecular flexibility index (Phi) is 3.73. The Balaban J connectivity index is 1.29. The fourth-order valence-corrected chi connectivity index (χ4v) is 5.97. The second-order valence-corrected chi connectivity index (χ2v) is 8.64. The van der Waals surface area contributed by atoms with E-state index in [1.54, 1.807) is 18.3 Å². The van der Waals surface area contributed by atoms with Gasteiger partial charge in [-0.15, -0.1) is 0 Å². The monoisotopic (exact) mass is 342 g/mol. The van der Waals surface area contributed by atoms with Crippen LogP contribution < -0.4 is 10.1 Å². The summed E-state index contributed by atoms with van der Waals surface area (Å²) in [5.74, 6) is 3.02. The molecule has 4 bridgehead atoms. The zero-order valence-corrected chi connectivity index (χ0v) is 14.6. The van der Waals surface area contributed by atoms with Gasteiger partial charge in [-0.05, 0) is 62.3 Å². The van der Waals surface area contributed by atoms with E-state index in [-0.39, 0.29) is 17.6 Å². The minimum absolute atomic E-state index is 0.0249. The predicted molar refractivity (Wildman–Crippen MR) is 92.5 cm³/mol. The molecule has 5 nitrogen and oxygen atoms in total. The van der Waals surface area contributed by atoms with Crippen LogP contribution in [0.5, 0.6) is 5.88 Å². The fourth-order valence-electron chi connectivity index (χ4n) is 5.97. The van der Waals surface area contributed by atoms with Gasteiger partial charge in [0, 0.05) is 29.8 Å². The molecule has 1 aliphatic heterocycles. The Morgan fingerprint density at radius 2 is 1.92 bits per heavy atom. The van der Waals surface area contributed by atoms with Crippen LogP contribution in [0, 0.1) is 17.8 Å². The van der Waals surface area contributed by atoms with E-state index in [0.717, 1.165) is 30.8 Å². The molecule has 2 heterocycles. The minimum atomic E-state index is 0.0249. The first-order chi connectivity index (χ1) is 12.2. The van der Waals surface area contributed by atoms with Gasteiger partial charge < -0.3 is 14.8 Å². The van der Waals surface area contributed by atoms with Gasteiger partial charge >= 0.3 is 0 Å². The molecule has 1 unspecified atom stereocenters. The molecule has 6 rings (SSSR count). The van der Waals surface area contributed by atoms with E-state index in [1.165, 1.54) is 38.5 Å². The first-order valence-corrected chi connectivity index (χ1v) is 9.70. The third-order valence-corrected chi connectivity index (χ3v) is 6.59. The van der Waals surface area contributed by atoms with Crippen molar-refractivity contribution in [3.05, 3.63) is 23.9 Å². The Morgan fingerprint density at radius 1 is 1.20 bits per heavy atom. The summed E-state index contributed by atoms with van der Waals surface area (Å²) in [4.78, 5) is 17.2. The quantitative estimate of drug-likeness (QED) is 0.914. The topological polar surface area (TPSA) is 60.5 Å². The maximum Gasteiger partial charge on any atom is 0.251 e. The van der Waals surface area contributed by atoms with Crippen LogP contribution >= 0.6 is 0 Å². The van der Waals surface area contributed by atoms with Crippen LogP contribution in [0.3, 0.4) is 0 Å². The number of ether oxygens (including phenoxy) is 2. The maximum atomic E-state index is 12.9. The number of amides is 1. The molecule has 1 atom stereocenters. The lowest BCUT2D eigenvalue weighted by atomic mass is 9.53. The zero-order chi connectivity index (χ0) is 16.9. The smallest absolute Gasteiger partial charge is 0.251 e. The number of hydrogen-bond donors (Lipinski definition) is 1. The zero-order valence-electron chi connectivity index (χ0n) is 14.6. The molecular formula is C20H26N2O3. The van der Waals surface area contributed by atoms with Crippen molar-refractivity contribution in [1.29, 1.82) is 0 Å². The number of rotatable bonds is 4. The van der Waals surface area contributed by atoms with Crippen molar-refractivity contribution in [1.82, 2.24) is 10.3 Å². The summed E-state index contributed by atoms with van der Waals surface area (Å²) in [7, 11) is 0. The second kappa shape index (κ2) is 5.97. The van der Waals surface area contributed by atoms with E-state index in [1.807, 2.05) is 0 Å². The van der Waals surface area contributed by atoms with Gasteiger partial charge in [0.1, 0.15) is 6.10 Å². The van der Waals surface area contributed by atoms with Crippen LogP contribution in [-0.4, -0.2) is 35.7 Å². The van der Waals surface area contributed by atoms with E-state index < -0.39 is 0 Å². The molecule has 1 N–H and O–H groups in total. The van der Waals surface area contributed by atoms with E-state index in [9.17, 15) is 4.79 Å². The van der Waals surface area contributed by atoms with Gasteiger partial charge in [0.25, 0.3) is 5.91 Å². The van der Waals surface area contributed by atoms with Crippen molar-refractivity contribution in [2.75, 3.05) is 13.2 Å². The number of nitrogens with one attached hydrogen (secondary N) is 1. The normalized spacial score (nSPS) is 38.7. The highest BCUT2D eigenvalue weighted by molar-refractivity contribution is 5.94. The highest BCUT2D eigenvalue weighted by Crippen LogP contribution is 2.55. The van der Waals surface area contributed by atoms with Crippen molar-refractivity contribution < 1.29 is 14.3 Å². The molecule has 1 saturated heterocycles. The summed E-state index contributed by atoms with van der Waals surface area (Å²) < 4.78 is 11.2. The van der Waals surface area contributed by atoms with Crippen molar-refractivity contribution in [3.63, 3.8) is 0 Å². The summed E-state index contributed by atoms with van der Waals surface area (Å²) in [6.07, 6.45) is 10.2. The number of aromatic nitrogens is 1. The van der Waals surface area contributed by atoms with Crippen molar-refractivity contribution >= 4 is 5.91 Å². The summed E-state index contributed by atoms with van der Waals surface area (Å²) in [5, 5.41) is 3.41. The van der Waals surface area contributed by atoms with E-state index in [4.69, 9.17) is 9.47 Å². The first-order valence-electron chi connectivity index (χ1n) is 9.70. The van der Waals surface area contributed by atoms with Gasteiger partial charge in [0.15, 0.2) is 0 Å². The molecule has 1 amide bonds. The van der Waals surface area contributed by atoms with Gasteiger partial charge in [-0.3, -0.25) is 4.79 Å². The molecule has 25 heavy (non-hydrogen) atoms. The molecule has 5 heteroatoms. The van der Waals surface area contributed by atoms with E-state index in [2.05, 4.69) is 10.3 Å². The van der Waals surface area contributed by atoms with Gasteiger partial charge in [-0.25, -0.2) is 4.98 Å². The third kappa shape index (κ3) is 3.03. The number of hydrogen-bond acceptors (Lipinski definition) is 4. The largest absolute Gasteiger partial charge is 0.472 e. The van der Waals surface area contributed by atoms with Gasteiger partial charge in [0.05, 0.1) is 13.2 Å². The highest BCUT2D eigenvalue weighted by Gasteiger charge is 2.51. The molecule has 5 aliphatic rings. The molecular weight excluding hydrogens is 316 g/mol. The summed E-state index contributed by atoms with van der Waals surface area (Å²) in [6.45, 7) is 1.34. The summed E-state index contributed by atoms with van der Waals surface area (Å²) in [6, 6.07) is 3.56. The van der Waals surface area contributed by atoms with Gasteiger partial charge in [-0.1, -0.05) is 0 Å². The summed E-state index contributed by atoms with van der Waals surface area (Å²) >= 11 is 0. The van der Waals surface area contributed by atoms with Crippen LogP contribution in [0.2, 0.25) is 0 Å². The van der Waals surface area contributed by atoms with E-state index in [0.29, 0.717) is 18.1 Å². The molecule has 1 aromatic heterocycles. The Labute approximate surface area is 148 Å².